The zero-order chi connectivity index (χ0) is 28.3. The topological polar surface area (TPSA) is 116 Å². The minimum atomic E-state index is -0.834. The lowest BCUT2D eigenvalue weighted by Crippen LogP contribution is -2.52. The summed E-state index contributed by atoms with van der Waals surface area (Å²) in [5.74, 6) is -1.40. The molecule has 0 unspecified atom stereocenters. The molecule has 208 valence electrons. The lowest BCUT2D eigenvalue weighted by atomic mass is 9.96. The van der Waals surface area contributed by atoms with Crippen LogP contribution in [0.4, 0.5) is 9.18 Å². The molecule has 1 aliphatic heterocycles. The first-order chi connectivity index (χ1) is 18.4. The van der Waals surface area contributed by atoms with Gasteiger partial charge in [0, 0.05) is 35.5 Å². The van der Waals surface area contributed by atoms with Crippen LogP contribution in [0.5, 0.6) is 0 Å². The summed E-state index contributed by atoms with van der Waals surface area (Å²) in [5.41, 5.74) is 1.78. The predicted molar refractivity (Wildman–Crippen MR) is 145 cm³/mol. The minimum Gasteiger partial charge on any atom is -0.444 e. The van der Waals surface area contributed by atoms with Crippen LogP contribution in [0.2, 0.25) is 5.02 Å². The number of fused-ring (bicyclic) bond motifs is 1. The second-order valence-electron chi connectivity index (χ2n) is 10.9. The Bertz CT molecular complexity index is 1340. The second kappa shape index (κ2) is 11.6. The molecule has 1 saturated heterocycles. The number of carbonyl (C=O) groups is 3. The molecule has 3 amide bonds. The SMILES string of the molecule is C[C@H](NC(=O)[C@H]1C[C@H](Cc2ccc(F)c(Cl)c2)CN1C(=O)OC(C)(C)C)C(=O)NCc1cc2cnccc2[nH]1. The average Bonchev–Trinajstić information content (AvgIpc) is 3.48. The molecule has 3 atom stereocenters. The molecule has 3 heterocycles. The van der Waals surface area contributed by atoms with Crippen LogP contribution in [0.1, 0.15) is 45.4 Å². The molecule has 0 bridgehead atoms. The third kappa shape index (κ3) is 7.26. The molecular formula is C28H33ClFN5O4. The molecule has 0 radical (unpaired) electrons. The Morgan fingerprint density at radius 3 is 2.72 bits per heavy atom. The number of pyridine rings is 1. The first kappa shape index (κ1) is 28.4. The lowest BCUT2D eigenvalue weighted by molar-refractivity contribution is -0.131. The van der Waals surface area contributed by atoms with Crippen molar-refractivity contribution < 1.29 is 23.5 Å². The number of nitrogens with one attached hydrogen (secondary N) is 3. The van der Waals surface area contributed by atoms with E-state index in [1.54, 1.807) is 52.2 Å². The summed E-state index contributed by atoms with van der Waals surface area (Å²) in [6, 6.07) is 6.59. The van der Waals surface area contributed by atoms with Crippen molar-refractivity contribution in [1.29, 1.82) is 0 Å². The molecule has 1 fully saturated rings. The van der Waals surface area contributed by atoms with Gasteiger partial charge in [0.1, 0.15) is 23.5 Å². The Balaban J connectivity index is 1.39. The summed E-state index contributed by atoms with van der Waals surface area (Å²) in [7, 11) is 0. The number of halogens is 2. The summed E-state index contributed by atoms with van der Waals surface area (Å²) in [6.07, 6.45) is 3.67. The fourth-order valence-electron chi connectivity index (χ4n) is 4.68. The predicted octanol–water partition coefficient (Wildman–Crippen LogP) is 4.34. The fraction of sp³-hybridized carbons (Fsp3) is 0.429. The third-order valence-corrected chi connectivity index (χ3v) is 6.80. The van der Waals surface area contributed by atoms with Crippen LogP contribution in [0, 0.1) is 11.7 Å². The lowest BCUT2D eigenvalue weighted by Gasteiger charge is -2.28. The van der Waals surface area contributed by atoms with Crippen LogP contribution in [-0.4, -0.2) is 57.0 Å². The van der Waals surface area contributed by atoms with Gasteiger partial charge in [-0.15, -0.1) is 0 Å². The Morgan fingerprint density at radius 2 is 2.03 bits per heavy atom. The molecule has 2 aromatic heterocycles. The van der Waals surface area contributed by atoms with Gasteiger partial charge in [-0.25, -0.2) is 9.18 Å². The first-order valence-electron chi connectivity index (χ1n) is 12.8. The van der Waals surface area contributed by atoms with Crippen LogP contribution in [0.15, 0.2) is 42.7 Å². The molecule has 1 aromatic carbocycles. The minimum absolute atomic E-state index is 0.0211. The molecule has 0 saturated carbocycles. The Morgan fingerprint density at radius 1 is 1.26 bits per heavy atom. The molecule has 1 aliphatic rings. The number of nitrogens with zero attached hydrogens (tertiary/aromatic N) is 2. The highest BCUT2D eigenvalue weighted by atomic mass is 35.5. The molecule has 0 spiro atoms. The summed E-state index contributed by atoms with van der Waals surface area (Å²) < 4.78 is 19.2. The second-order valence-corrected chi connectivity index (χ2v) is 11.3. The number of H-pyrrole nitrogens is 1. The highest BCUT2D eigenvalue weighted by Crippen LogP contribution is 2.29. The van der Waals surface area contributed by atoms with Gasteiger partial charge in [-0.2, -0.15) is 0 Å². The van der Waals surface area contributed by atoms with Gasteiger partial charge in [-0.1, -0.05) is 17.7 Å². The normalized spacial score (nSPS) is 18.2. The van der Waals surface area contributed by atoms with Crippen molar-refractivity contribution >= 4 is 40.4 Å². The van der Waals surface area contributed by atoms with Crippen molar-refractivity contribution in [2.45, 2.75) is 64.8 Å². The highest BCUT2D eigenvalue weighted by Gasteiger charge is 2.42. The van der Waals surface area contributed by atoms with Gasteiger partial charge >= 0.3 is 6.09 Å². The van der Waals surface area contributed by atoms with Crippen molar-refractivity contribution in [1.82, 2.24) is 25.5 Å². The van der Waals surface area contributed by atoms with Gasteiger partial charge in [0.2, 0.25) is 11.8 Å². The molecule has 3 N–H and O–H groups in total. The Kier molecular flexibility index (Phi) is 8.44. The molecular weight excluding hydrogens is 525 g/mol. The maximum atomic E-state index is 13.6. The van der Waals surface area contributed by atoms with E-state index in [9.17, 15) is 18.8 Å². The van der Waals surface area contributed by atoms with Gasteiger partial charge in [0.05, 0.1) is 11.6 Å². The number of ether oxygens (including phenoxy) is 1. The quantitative estimate of drug-likeness (QED) is 0.399. The molecule has 3 aromatic rings. The highest BCUT2D eigenvalue weighted by molar-refractivity contribution is 6.30. The van der Waals surface area contributed by atoms with Crippen LogP contribution in [0.25, 0.3) is 10.9 Å². The van der Waals surface area contributed by atoms with Gasteiger partial charge in [0.15, 0.2) is 0 Å². The number of hydrogen-bond donors (Lipinski definition) is 3. The monoisotopic (exact) mass is 557 g/mol. The zero-order valence-corrected chi connectivity index (χ0v) is 23.1. The maximum absolute atomic E-state index is 13.6. The number of likely N-dealkylation sites (tertiary alicyclic amines) is 1. The van der Waals surface area contributed by atoms with Crippen molar-refractivity contribution in [2.24, 2.45) is 5.92 Å². The first-order valence-corrected chi connectivity index (χ1v) is 13.2. The third-order valence-electron chi connectivity index (χ3n) is 6.51. The van der Waals surface area contributed by atoms with E-state index in [0.29, 0.717) is 12.8 Å². The number of amides is 3. The summed E-state index contributed by atoms with van der Waals surface area (Å²) >= 11 is 5.94. The van der Waals surface area contributed by atoms with E-state index in [1.165, 1.54) is 11.0 Å². The van der Waals surface area contributed by atoms with Gasteiger partial charge < -0.3 is 20.4 Å². The van der Waals surface area contributed by atoms with Gasteiger partial charge in [-0.05, 0) is 76.3 Å². The summed E-state index contributed by atoms with van der Waals surface area (Å²) in [5, 5.41) is 6.52. The van der Waals surface area contributed by atoms with E-state index in [-0.39, 0.29) is 29.9 Å². The van der Waals surface area contributed by atoms with E-state index in [2.05, 4.69) is 20.6 Å². The average molecular weight is 558 g/mol. The number of benzene rings is 1. The van der Waals surface area contributed by atoms with Crippen molar-refractivity contribution in [2.75, 3.05) is 6.54 Å². The Labute approximate surface area is 231 Å². The van der Waals surface area contributed by atoms with Crippen LogP contribution in [-0.2, 0) is 27.3 Å². The zero-order valence-electron chi connectivity index (χ0n) is 22.4. The van der Waals surface area contributed by atoms with E-state index < -0.39 is 35.5 Å². The van der Waals surface area contributed by atoms with Crippen LogP contribution in [0.3, 0.4) is 0 Å². The number of aromatic amines is 1. The molecule has 4 rings (SSSR count). The van der Waals surface area contributed by atoms with Gasteiger partial charge in [-0.3, -0.25) is 19.5 Å². The summed E-state index contributed by atoms with van der Waals surface area (Å²) in [6.45, 7) is 7.38. The van der Waals surface area contributed by atoms with E-state index in [0.717, 1.165) is 22.2 Å². The number of rotatable bonds is 7. The van der Waals surface area contributed by atoms with E-state index in [1.807, 2.05) is 12.1 Å². The number of carbonyl (C=O) groups excluding carboxylic acids is 3. The number of aromatic nitrogens is 2. The van der Waals surface area contributed by atoms with E-state index >= 15 is 0 Å². The van der Waals surface area contributed by atoms with Crippen LogP contribution < -0.4 is 10.6 Å². The molecule has 9 nitrogen and oxygen atoms in total. The number of hydrogen-bond acceptors (Lipinski definition) is 5. The van der Waals surface area contributed by atoms with Crippen molar-refractivity contribution in [3.8, 4) is 0 Å². The fourth-order valence-corrected chi connectivity index (χ4v) is 4.88. The smallest absolute Gasteiger partial charge is 0.410 e. The summed E-state index contributed by atoms with van der Waals surface area (Å²) in [4.78, 5) is 47.7. The Hall–Kier alpha value is -3.66. The van der Waals surface area contributed by atoms with Crippen LogP contribution >= 0.6 is 11.6 Å². The largest absolute Gasteiger partial charge is 0.444 e. The standard InChI is InChI=1S/C28H33ClFN5O4/c1-16(25(36)32-14-20-12-19-13-31-8-7-23(19)34-20)33-26(37)24-11-18(9-17-5-6-22(30)21(29)10-17)15-35(24)27(38)39-28(2,3)4/h5-8,10,12-13,16,18,24,34H,9,11,14-15H2,1-4H3,(H,32,36)(H,33,37)/t16-,18-,24+/m0/s1. The van der Waals surface area contributed by atoms with Crippen molar-refractivity contribution in [3.63, 3.8) is 0 Å². The molecule has 11 heteroatoms. The molecule has 39 heavy (non-hydrogen) atoms. The maximum Gasteiger partial charge on any atom is 0.410 e. The van der Waals surface area contributed by atoms with Gasteiger partial charge in [0.25, 0.3) is 0 Å². The van der Waals surface area contributed by atoms with Crippen molar-refractivity contribution in [3.05, 3.63) is 64.8 Å². The van der Waals surface area contributed by atoms with E-state index in [4.69, 9.17) is 16.3 Å². The molecule has 0 aliphatic carbocycles.